The Balaban J connectivity index is 1.73. The monoisotopic (exact) mass is 232 g/mol. The van der Waals surface area contributed by atoms with Crippen molar-refractivity contribution in [3.05, 3.63) is 29.8 Å². The van der Waals surface area contributed by atoms with Crippen LogP contribution in [0, 0.1) is 0 Å². The number of aldehydes is 1. The molecule has 1 N–H and O–H groups in total. The molecule has 1 aliphatic rings. The number of likely N-dealkylation sites (tertiary alicyclic amines) is 1. The maximum atomic E-state index is 10.5. The number of benzene rings is 1. The highest BCUT2D eigenvalue weighted by atomic mass is 16.1. The van der Waals surface area contributed by atoms with Crippen molar-refractivity contribution in [2.75, 3.05) is 25.0 Å². The fourth-order valence-electron chi connectivity index (χ4n) is 2.12. The number of nitrogens with one attached hydrogen (secondary N) is 1. The van der Waals surface area contributed by atoms with Crippen LogP contribution in [0.2, 0.25) is 0 Å². The topological polar surface area (TPSA) is 32.3 Å². The number of hydrogen-bond donors (Lipinski definition) is 1. The van der Waals surface area contributed by atoms with Crippen LogP contribution in [0.3, 0.4) is 0 Å². The van der Waals surface area contributed by atoms with Gasteiger partial charge in [0.1, 0.15) is 6.29 Å². The lowest BCUT2D eigenvalue weighted by Crippen LogP contribution is -2.54. The van der Waals surface area contributed by atoms with E-state index in [4.69, 9.17) is 0 Å². The van der Waals surface area contributed by atoms with E-state index in [9.17, 15) is 4.79 Å². The van der Waals surface area contributed by atoms with Crippen LogP contribution in [-0.2, 0) is 0 Å². The molecule has 0 unspecified atom stereocenters. The second-order valence-electron chi connectivity index (χ2n) is 4.69. The molecule has 92 valence electrons. The molecule has 0 spiro atoms. The number of rotatable bonds is 6. The molecule has 0 aromatic heterocycles. The highest BCUT2D eigenvalue weighted by molar-refractivity contribution is 5.75. The molecule has 1 aromatic carbocycles. The molecular weight excluding hydrogens is 212 g/mol. The zero-order valence-corrected chi connectivity index (χ0v) is 10.4. The van der Waals surface area contributed by atoms with E-state index in [0.29, 0.717) is 6.04 Å². The third-order valence-corrected chi connectivity index (χ3v) is 3.20. The lowest BCUT2D eigenvalue weighted by molar-refractivity contribution is 0.112. The van der Waals surface area contributed by atoms with Gasteiger partial charge in [-0.15, -0.1) is 0 Å². The lowest BCUT2D eigenvalue weighted by atomic mass is 10.1. The second kappa shape index (κ2) is 5.82. The fourth-order valence-corrected chi connectivity index (χ4v) is 2.12. The van der Waals surface area contributed by atoms with E-state index in [0.717, 1.165) is 30.6 Å². The van der Waals surface area contributed by atoms with Crippen LogP contribution in [-0.4, -0.2) is 36.9 Å². The molecule has 1 saturated heterocycles. The molecular formula is C14H20N2O. The third-order valence-electron chi connectivity index (χ3n) is 3.20. The largest absolute Gasteiger partial charge is 0.380 e. The highest BCUT2D eigenvalue weighted by Gasteiger charge is 2.25. The van der Waals surface area contributed by atoms with E-state index < -0.39 is 0 Å². The summed E-state index contributed by atoms with van der Waals surface area (Å²) in [5, 5.41) is 3.48. The molecule has 0 bridgehead atoms. The van der Waals surface area contributed by atoms with E-state index in [-0.39, 0.29) is 0 Å². The van der Waals surface area contributed by atoms with E-state index in [2.05, 4.69) is 17.1 Å². The molecule has 0 radical (unpaired) electrons. The Bertz CT molecular complexity index is 355. The molecule has 1 heterocycles. The Morgan fingerprint density at radius 1 is 1.35 bits per heavy atom. The molecule has 1 aromatic rings. The van der Waals surface area contributed by atoms with Crippen LogP contribution < -0.4 is 5.32 Å². The normalized spacial score (nSPS) is 16.5. The van der Waals surface area contributed by atoms with Gasteiger partial charge >= 0.3 is 0 Å². The Kier molecular flexibility index (Phi) is 4.15. The summed E-state index contributed by atoms with van der Waals surface area (Å²) in [6.07, 6.45) is 3.43. The third kappa shape index (κ3) is 3.30. The van der Waals surface area contributed by atoms with E-state index in [1.165, 1.54) is 19.4 Å². The zero-order chi connectivity index (χ0) is 12.1. The quantitative estimate of drug-likeness (QED) is 0.764. The maximum absolute atomic E-state index is 10.5. The van der Waals surface area contributed by atoms with Gasteiger partial charge in [0.15, 0.2) is 0 Å². The maximum Gasteiger partial charge on any atom is 0.150 e. The number of nitrogens with zero attached hydrogens (tertiary/aromatic N) is 1. The first kappa shape index (κ1) is 12.1. The average Bonchev–Trinajstić information content (AvgIpc) is 2.32. The van der Waals surface area contributed by atoms with Crippen molar-refractivity contribution in [3.63, 3.8) is 0 Å². The molecule has 1 aliphatic heterocycles. The molecule has 0 atom stereocenters. The second-order valence-corrected chi connectivity index (χ2v) is 4.69. The fraction of sp³-hybridized carbons (Fsp3) is 0.500. The van der Waals surface area contributed by atoms with E-state index in [1.54, 1.807) is 0 Å². The minimum absolute atomic E-state index is 0.564. The number of anilines is 1. The van der Waals surface area contributed by atoms with E-state index in [1.807, 2.05) is 24.3 Å². The summed E-state index contributed by atoms with van der Waals surface area (Å²) in [6.45, 7) is 5.72. The number of hydrogen-bond acceptors (Lipinski definition) is 3. The molecule has 0 amide bonds. The standard InChI is InChI=1S/C14H20N2O/c1-2-3-8-16-9-14(10-16)15-13-6-4-12(11-17)5-7-13/h4-7,11,14-15H,2-3,8-10H2,1H3. The molecule has 1 fully saturated rings. The number of carbonyl (C=O) groups excluding carboxylic acids is 1. The first-order valence-electron chi connectivity index (χ1n) is 6.36. The van der Waals surface area contributed by atoms with Crippen molar-refractivity contribution in [3.8, 4) is 0 Å². The SMILES string of the molecule is CCCCN1CC(Nc2ccc(C=O)cc2)C1. The van der Waals surface area contributed by atoms with Crippen molar-refractivity contribution in [1.82, 2.24) is 4.90 Å². The summed E-state index contributed by atoms with van der Waals surface area (Å²) in [5.74, 6) is 0. The molecule has 0 aliphatic carbocycles. The Hall–Kier alpha value is -1.35. The Morgan fingerprint density at radius 3 is 2.65 bits per heavy atom. The summed E-state index contributed by atoms with van der Waals surface area (Å²) in [5.41, 5.74) is 1.84. The Labute approximate surface area is 103 Å². The number of carbonyl (C=O) groups is 1. The predicted molar refractivity (Wildman–Crippen MR) is 70.6 cm³/mol. The minimum atomic E-state index is 0.564. The summed E-state index contributed by atoms with van der Waals surface area (Å²) >= 11 is 0. The summed E-state index contributed by atoms with van der Waals surface area (Å²) < 4.78 is 0. The molecule has 3 nitrogen and oxygen atoms in total. The molecule has 17 heavy (non-hydrogen) atoms. The van der Waals surface area contributed by atoms with Crippen molar-refractivity contribution >= 4 is 12.0 Å². The van der Waals surface area contributed by atoms with Crippen LogP contribution in [0.4, 0.5) is 5.69 Å². The van der Waals surface area contributed by atoms with Crippen LogP contribution >= 0.6 is 0 Å². The van der Waals surface area contributed by atoms with Gasteiger partial charge < -0.3 is 5.32 Å². The van der Waals surface area contributed by atoms with Gasteiger partial charge in [-0.2, -0.15) is 0 Å². The Morgan fingerprint density at radius 2 is 2.06 bits per heavy atom. The van der Waals surface area contributed by atoms with E-state index >= 15 is 0 Å². The molecule has 3 heteroatoms. The highest BCUT2D eigenvalue weighted by Crippen LogP contribution is 2.16. The number of unbranched alkanes of at least 4 members (excludes halogenated alkanes) is 1. The zero-order valence-electron chi connectivity index (χ0n) is 10.4. The van der Waals surface area contributed by atoms with Crippen molar-refractivity contribution in [2.24, 2.45) is 0 Å². The van der Waals surface area contributed by atoms with Crippen LogP contribution in [0.1, 0.15) is 30.1 Å². The van der Waals surface area contributed by atoms with Crippen LogP contribution in [0.5, 0.6) is 0 Å². The summed E-state index contributed by atoms with van der Waals surface area (Å²) in [4.78, 5) is 13.0. The van der Waals surface area contributed by atoms with Crippen molar-refractivity contribution < 1.29 is 4.79 Å². The van der Waals surface area contributed by atoms with Crippen molar-refractivity contribution in [2.45, 2.75) is 25.8 Å². The first-order chi connectivity index (χ1) is 8.31. The van der Waals surface area contributed by atoms with Gasteiger partial charge in [-0.3, -0.25) is 9.69 Å². The van der Waals surface area contributed by atoms with Gasteiger partial charge in [-0.25, -0.2) is 0 Å². The first-order valence-corrected chi connectivity index (χ1v) is 6.36. The van der Waals surface area contributed by atoms with Gasteiger partial charge in [-0.1, -0.05) is 13.3 Å². The summed E-state index contributed by atoms with van der Waals surface area (Å²) in [6, 6.07) is 8.21. The smallest absolute Gasteiger partial charge is 0.150 e. The van der Waals surface area contributed by atoms with Gasteiger partial charge in [0.2, 0.25) is 0 Å². The van der Waals surface area contributed by atoms with Crippen LogP contribution in [0.25, 0.3) is 0 Å². The van der Waals surface area contributed by atoms with Gasteiger partial charge in [-0.05, 0) is 37.2 Å². The summed E-state index contributed by atoms with van der Waals surface area (Å²) in [7, 11) is 0. The van der Waals surface area contributed by atoms with Gasteiger partial charge in [0.25, 0.3) is 0 Å². The molecule has 0 saturated carbocycles. The molecule has 2 rings (SSSR count). The van der Waals surface area contributed by atoms with Crippen LogP contribution in [0.15, 0.2) is 24.3 Å². The average molecular weight is 232 g/mol. The minimum Gasteiger partial charge on any atom is -0.380 e. The van der Waals surface area contributed by atoms with Crippen molar-refractivity contribution in [1.29, 1.82) is 0 Å². The predicted octanol–water partition coefficient (Wildman–Crippen LogP) is 2.40. The van der Waals surface area contributed by atoms with Gasteiger partial charge in [0, 0.05) is 24.3 Å². The van der Waals surface area contributed by atoms with Gasteiger partial charge in [0.05, 0.1) is 6.04 Å². The lowest BCUT2D eigenvalue weighted by Gasteiger charge is -2.40.